The van der Waals surface area contributed by atoms with Crippen molar-refractivity contribution in [2.75, 3.05) is 5.75 Å². The Kier molecular flexibility index (Phi) is 3.29. The van der Waals surface area contributed by atoms with Gasteiger partial charge in [-0.2, -0.15) is 16.9 Å². The summed E-state index contributed by atoms with van der Waals surface area (Å²) in [5, 5.41) is 2.25. The van der Waals surface area contributed by atoms with Crippen molar-refractivity contribution in [1.82, 2.24) is 5.16 Å². The third kappa shape index (κ3) is 2.84. The topological polar surface area (TPSA) is 46.0 Å². The molecule has 0 bridgehead atoms. The normalized spacial score (nSPS) is 10.3. The number of thioether (sulfide) groups is 1. The van der Waals surface area contributed by atoms with E-state index in [0.29, 0.717) is 0 Å². The molecule has 4 heteroatoms. The summed E-state index contributed by atoms with van der Waals surface area (Å²) in [6, 6.07) is 1.49. The number of rotatable bonds is 4. The first-order chi connectivity index (χ1) is 5.33. The highest BCUT2D eigenvalue weighted by atomic mass is 32.2. The van der Waals surface area contributed by atoms with Crippen LogP contribution in [0.15, 0.2) is 15.4 Å². The van der Waals surface area contributed by atoms with Crippen molar-refractivity contribution in [2.45, 2.75) is 19.1 Å². The molecule has 0 amide bonds. The van der Waals surface area contributed by atoms with E-state index in [2.05, 4.69) is 12.1 Å². The van der Waals surface area contributed by atoms with Crippen LogP contribution in [0.25, 0.3) is 0 Å². The zero-order valence-electron chi connectivity index (χ0n) is 6.42. The molecule has 0 unspecified atom stereocenters. The van der Waals surface area contributed by atoms with Crippen LogP contribution in [0.1, 0.15) is 19.1 Å². The van der Waals surface area contributed by atoms with Crippen molar-refractivity contribution < 1.29 is 4.52 Å². The highest BCUT2D eigenvalue weighted by Crippen LogP contribution is 2.10. The summed E-state index contributed by atoms with van der Waals surface area (Å²) >= 11 is 1.77. The van der Waals surface area contributed by atoms with Crippen molar-refractivity contribution in [3.05, 3.63) is 22.2 Å². The van der Waals surface area contributed by atoms with Gasteiger partial charge in [-0.05, 0) is 12.2 Å². The molecule has 1 heterocycles. The fourth-order valence-corrected chi connectivity index (χ4v) is 1.49. The Labute approximate surface area is 69.1 Å². The van der Waals surface area contributed by atoms with Gasteiger partial charge in [-0.15, -0.1) is 0 Å². The van der Waals surface area contributed by atoms with Crippen LogP contribution in [0.2, 0.25) is 0 Å². The predicted octanol–water partition coefficient (Wildman–Crippen LogP) is 1.61. The van der Waals surface area contributed by atoms with Gasteiger partial charge in [-0.1, -0.05) is 6.92 Å². The maximum atomic E-state index is 10.6. The Morgan fingerprint density at radius 1 is 1.73 bits per heavy atom. The summed E-state index contributed by atoms with van der Waals surface area (Å²) in [6.07, 6.45) is 1.15. The lowest BCUT2D eigenvalue weighted by Gasteiger charge is -1.92. The smallest absolute Gasteiger partial charge is 0.280 e. The highest BCUT2D eigenvalue weighted by molar-refractivity contribution is 7.98. The number of hydrogen-bond donors (Lipinski definition) is 1. The maximum Gasteiger partial charge on any atom is 0.280 e. The number of H-pyrrole nitrogens is 1. The molecule has 11 heavy (non-hydrogen) atoms. The molecule has 0 aliphatic carbocycles. The second kappa shape index (κ2) is 4.28. The molecule has 0 saturated heterocycles. The van der Waals surface area contributed by atoms with E-state index in [1.165, 1.54) is 6.07 Å². The largest absolute Gasteiger partial charge is 0.383 e. The van der Waals surface area contributed by atoms with Crippen LogP contribution in [-0.2, 0) is 5.75 Å². The minimum atomic E-state index is -0.155. The number of aromatic nitrogens is 1. The summed E-state index contributed by atoms with van der Waals surface area (Å²) < 4.78 is 4.85. The van der Waals surface area contributed by atoms with Gasteiger partial charge in [0.05, 0.1) is 5.75 Å². The zero-order valence-corrected chi connectivity index (χ0v) is 7.24. The van der Waals surface area contributed by atoms with E-state index in [0.717, 1.165) is 23.7 Å². The van der Waals surface area contributed by atoms with E-state index < -0.39 is 0 Å². The predicted molar refractivity (Wildman–Crippen MR) is 45.8 cm³/mol. The standard InChI is InChI=1S/C7H11NO2S/c1-2-3-11-5-6-4-7(9)8-10-6/h4H,2-3,5H2,1H3,(H,8,9). The monoisotopic (exact) mass is 173 g/mol. The van der Waals surface area contributed by atoms with Gasteiger partial charge >= 0.3 is 0 Å². The molecule has 1 aromatic rings. The molecule has 0 fully saturated rings. The van der Waals surface area contributed by atoms with Crippen LogP contribution in [0.4, 0.5) is 0 Å². The molecular formula is C7H11NO2S. The third-order valence-electron chi connectivity index (χ3n) is 1.17. The summed E-state index contributed by atoms with van der Waals surface area (Å²) in [7, 11) is 0. The van der Waals surface area contributed by atoms with Crippen molar-refractivity contribution in [3.63, 3.8) is 0 Å². The first kappa shape index (κ1) is 8.46. The van der Waals surface area contributed by atoms with Crippen LogP contribution in [0.5, 0.6) is 0 Å². The van der Waals surface area contributed by atoms with Crippen molar-refractivity contribution in [3.8, 4) is 0 Å². The first-order valence-electron chi connectivity index (χ1n) is 3.58. The van der Waals surface area contributed by atoms with Crippen LogP contribution in [-0.4, -0.2) is 10.9 Å². The summed E-state index contributed by atoms with van der Waals surface area (Å²) in [5.74, 6) is 2.62. The zero-order chi connectivity index (χ0) is 8.10. The summed E-state index contributed by atoms with van der Waals surface area (Å²) in [6.45, 7) is 2.13. The van der Waals surface area contributed by atoms with Gasteiger partial charge in [-0.3, -0.25) is 4.79 Å². The van der Waals surface area contributed by atoms with Crippen LogP contribution in [0, 0.1) is 0 Å². The molecule has 62 valence electrons. The van der Waals surface area contributed by atoms with Gasteiger partial charge in [0.15, 0.2) is 0 Å². The molecule has 0 spiro atoms. The Morgan fingerprint density at radius 3 is 3.09 bits per heavy atom. The highest BCUT2D eigenvalue weighted by Gasteiger charge is 1.97. The Morgan fingerprint density at radius 2 is 2.55 bits per heavy atom. The minimum Gasteiger partial charge on any atom is -0.383 e. The fraction of sp³-hybridized carbons (Fsp3) is 0.571. The van der Waals surface area contributed by atoms with E-state index >= 15 is 0 Å². The number of nitrogens with one attached hydrogen (secondary N) is 1. The van der Waals surface area contributed by atoms with E-state index in [4.69, 9.17) is 4.52 Å². The van der Waals surface area contributed by atoms with Gasteiger partial charge in [0.2, 0.25) is 0 Å². The second-order valence-electron chi connectivity index (χ2n) is 2.23. The van der Waals surface area contributed by atoms with E-state index in [-0.39, 0.29) is 5.56 Å². The van der Waals surface area contributed by atoms with Gasteiger partial charge < -0.3 is 4.52 Å². The molecule has 0 atom stereocenters. The minimum absolute atomic E-state index is 0.155. The Hall–Kier alpha value is -0.640. The molecule has 0 radical (unpaired) electrons. The first-order valence-corrected chi connectivity index (χ1v) is 4.73. The second-order valence-corrected chi connectivity index (χ2v) is 3.34. The van der Waals surface area contributed by atoms with Gasteiger partial charge in [-0.25, -0.2) is 0 Å². The average Bonchev–Trinajstić information content (AvgIpc) is 2.37. The van der Waals surface area contributed by atoms with Gasteiger partial charge in [0, 0.05) is 6.07 Å². The van der Waals surface area contributed by atoms with Gasteiger partial charge in [0.1, 0.15) is 5.76 Å². The molecule has 3 nitrogen and oxygen atoms in total. The van der Waals surface area contributed by atoms with Crippen LogP contribution in [0.3, 0.4) is 0 Å². The summed E-state index contributed by atoms with van der Waals surface area (Å²) in [4.78, 5) is 10.6. The Bertz CT molecular complexity index is 253. The fourth-order valence-electron chi connectivity index (χ4n) is 0.709. The molecule has 0 aliphatic rings. The lowest BCUT2D eigenvalue weighted by molar-refractivity contribution is 0.390. The van der Waals surface area contributed by atoms with Crippen molar-refractivity contribution in [2.24, 2.45) is 0 Å². The lowest BCUT2D eigenvalue weighted by Crippen LogP contribution is -1.92. The molecule has 0 aliphatic heterocycles. The number of hydrogen-bond acceptors (Lipinski definition) is 3. The molecular weight excluding hydrogens is 162 g/mol. The molecule has 1 aromatic heterocycles. The lowest BCUT2D eigenvalue weighted by atomic mass is 10.5. The molecule has 0 aromatic carbocycles. The average molecular weight is 173 g/mol. The van der Waals surface area contributed by atoms with Crippen LogP contribution < -0.4 is 5.56 Å². The maximum absolute atomic E-state index is 10.6. The molecule has 1 N–H and O–H groups in total. The molecule has 1 rings (SSSR count). The summed E-state index contributed by atoms with van der Waals surface area (Å²) in [5.41, 5.74) is -0.155. The van der Waals surface area contributed by atoms with Crippen LogP contribution >= 0.6 is 11.8 Å². The van der Waals surface area contributed by atoms with Crippen molar-refractivity contribution in [1.29, 1.82) is 0 Å². The molecule has 0 saturated carbocycles. The number of aromatic amines is 1. The van der Waals surface area contributed by atoms with Crippen molar-refractivity contribution >= 4 is 11.8 Å². The van der Waals surface area contributed by atoms with E-state index in [1.54, 1.807) is 11.8 Å². The SMILES string of the molecule is CCCSCc1cc(=O)[nH]o1. The van der Waals surface area contributed by atoms with Gasteiger partial charge in [0.25, 0.3) is 5.56 Å². The third-order valence-corrected chi connectivity index (χ3v) is 2.35. The van der Waals surface area contributed by atoms with E-state index in [9.17, 15) is 4.79 Å². The quantitative estimate of drug-likeness (QED) is 0.703. The Balaban J connectivity index is 2.33. The van der Waals surface area contributed by atoms with E-state index in [1.807, 2.05) is 0 Å².